The van der Waals surface area contributed by atoms with Crippen molar-refractivity contribution in [3.63, 3.8) is 0 Å². The Bertz CT molecular complexity index is 768. The monoisotopic (exact) mass is 401 g/mol. The van der Waals surface area contributed by atoms with Gasteiger partial charge in [0.1, 0.15) is 0 Å². The predicted octanol–water partition coefficient (Wildman–Crippen LogP) is 2.99. The molecule has 3 rings (SSSR count). The average molecular weight is 402 g/mol. The number of rotatable bonds is 8. The Morgan fingerprint density at radius 3 is 2.57 bits per heavy atom. The van der Waals surface area contributed by atoms with E-state index in [9.17, 15) is 4.79 Å². The Labute approximate surface area is 172 Å². The number of nitrogens with one attached hydrogen (secondary N) is 1. The van der Waals surface area contributed by atoms with E-state index in [1.165, 1.54) is 6.42 Å². The van der Waals surface area contributed by atoms with Gasteiger partial charge in [0.05, 0.1) is 12.0 Å². The summed E-state index contributed by atoms with van der Waals surface area (Å²) < 4.78 is 1.98. The van der Waals surface area contributed by atoms with Crippen LogP contribution in [0.2, 0.25) is 0 Å². The van der Waals surface area contributed by atoms with E-state index in [2.05, 4.69) is 46.6 Å². The van der Waals surface area contributed by atoms with Gasteiger partial charge in [-0.05, 0) is 32.5 Å². The van der Waals surface area contributed by atoms with Crippen molar-refractivity contribution in [2.45, 2.75) is 49.2 Å². The Hall–Kier alpha value is -1.86. The molecule has 0 spiro atoms. The summed E-state index contributed by atoms with van der Waals surface area (Å²) in [5.74, 6) is 1.87. The van der Waals surface area contributed by atoms with Gasteiger partial charge in [0.2, 0.25) is 5.91 Å². The summed E-state index contributed by atoms with van der Waals surface area (Å²) in [6.07, 6.45) is 5.22. The van der Waals surface area contributed by atoms with Crippen LogP contribution in [0, 0.1) is 0 Å². The molecule has 2 aromatic rings. The van der Waals surface area contributed by atoms with Gasteiger partial charge in [0.15, 0.2) is 11.0 Å². The molecule has 1 heterocycles. The quantitative estimate of drug-likeness (QED) is 0.689. The van der Waals surface area contributed by atoms with Crippen LogP contribution in [0.4, 0.5) is 0 Å². The van der Waals surface area contributed by atoms with Crippen molar-refractivity contribution in [3.8, 4) is 0 Å². The van der Waals surface area contributed by atoms with E-state index < -0.39 is 5.41 Å². The Morgan fingerprint density at radius 2 is 1.89 bits per heavy atom. The molecule has 0 unspecified atom stereocenters. The molecule has 1 N–H and O–H groups in total. The summed E-state index contributed by atoms with van der Waals surface area (Å²) in [5, 5.41) is 12.6. The highest BCUT2D eigenvalue weighted by Gasteiger charge is 2.40. The Morgan fingerprint density at radius 1 is 1.18 bits per heavy atom. The van der Waals surface area contributed by atoms with Crippen molar-refractivity contribution >= 4 is 17.7 Å². The number of thioether (sulfide) groups is 1. The second kappa shape index (κ2) is 9.56. The first-order valence-electron chi connectivity index (χ1n) is 10.0. The molecule has 7 heteroatoms. The van der Waals surface area contributed by atoms with E-state index in [4.69, 9.17) is 0 Å². The first-order valence-corrected chi connectivity index (χ1v) is 11.0. The maximum Gasteiger partial charge on any atom is 0.231 e. The van der Waals surface area contributed by atoms with Gasteiger partial charge in [0.25, 0.3) is 0 Å². The SMILES string of the molecule is CN(C)CCSc1nnc(CNC(=O)C2(c3ccccc3)CCCCC2)n1C. The molecule has 0 atom stereocenters. The highest BCUT2D eigenvalue weighted by molar-refractivity contribution is 7.99. The van der Waals surface area contributed by atoms with Crippen LogP contribution in [-0.4, -0.2) is 52.0 Å². The third-order valence-electron chi connectivity index (χ3n) is 5.57. The predicted molar refractivity (Wildman–Crippen MR) is 113 cm³/mol. The number of carbonyl (C=O) groups excluding carboxylic acids is 1. The van der Waals surface area contributed by atoms with Crippen molar-refractivity contribution in [2.75, 3.05) is 26.4 Å². The van der Waals surface area contributed by atoms with E-state index in [0.717, 1.165) is 54.5 Å². The average Bonchev–Trinajstić information content (AvgIpc) is 3.06. The minimum atomic E-state index is -0.415. The molecule has 152 valence electrons. The molecule has 0 saturated heterocycles. The van der Waals surface area contributed by atoms with Crippen molar-refractivity contribution in [1.29, 1.82) is 0 Å². The maximum absolute atomic E-state index is 13.3. The fourth-order valence-electron chi connectivity index (χ4n) is 3.83. The lowest BCUT2D eigenvalue weighted by Gasteiger charge is -2.36. The molecule has 28 heavy (non-hydrogen) atoms. The normalized spacial score (nSPS) is 16.3. The van der Waals surface area contributed by atoms with E-state index in [0.29, 0.717) is 6.54 Å². The molecule has 1 aliphatic carbocycles. The molecular weight excluding hydrogens is 370 g/mol. The second-order valence-electron chi connectivity index (χ2n) is 7.80. The van der Waals surface area contributed by atoms with Crippen LogP contribution in [0.1, 0.15) is 43.5 Å². The van der Waals surface area contributed by atoms with E-state index in [1.54, 1.807) is 11.8 Å². The zero-order valence-electron chi connectivity index (χ0n) is 17.1. The standard InChI is InChI=1S/C21H31N5OS/c1-25(2)14-15-28-20-24-23-18(26(20)3)16-22-19(27)21(12-8-5-9-13-21)17-10-6-4-7-11-17/h4,6-7,10-11H,5,8-9,12-16H2,1-3H3,(H,22,27). The zero-order valence-corrected chi connectivity index (χ0v) is 18.0. The summed E-state index contributed by atoms with van der Waals surface area (Å²) in [6.45, 7) is 1.40. The lowest BCUT2D eigenvalue weighted by atomic mass is 9.68. The topological polar surface area (TPSA) is 63.1 Å². The molecule has 0 radical (unpaired) electrons. The molecule has 1 aromatic heterocycles. The number of aromatic nitrogens is 3. The van der Waals surface area contributed by atoms with Gasteiger partial charge in [0, 0.05) is 19.3 Å². The number of benzene rings is 1. The van der Waals surface area contributed by atoms with Crippen LogP contribution in [0.15, 0.2) is 35.5 Å². The number of amides is 1. The molecular formula is C21H31N5OS. The van der Waals surface area contributed by atoms with Crippen LogP contribution in [0.3, 0.4) is 0 Å². The van der Waals surface area contributed by atoms with Gasteiger partial charge >= 0.3 is 0 Å². The Balaban J connectivity index is 1.66. The maximum atomic E-state index is 13.3. The highest BCUT2D eigenvalue weighted by Crippen LogP contribution is 2.39. The summed E-state index contributed by atoms with van der Waals surface area (Å²) in [5.41, 5.74) is 0.714. The van der Waals surface area contributed by atoms with Crippen molar-refractivity contribution in [1.82, 2.24) is 25.0 Å². The van der Waals surface area contributed by atoms with Gasteiger partial charge < -0.3 is 14.8 Å². The lowest BCUT2D eigenvalue weighted by Crippen LogP contribution is -2.45. The second-order valence-corrected chi connectivity index (χ2v) is 8.86. The van der Waals surface area contributed by atoms with E-state index in [-0.39, 0.29) is 5.91 Å². The van der Waals surface area contributed by atoms with Gasteiger partial charge in [-0.3, -0.25) is 4.79 Å². The minimum absolute atomic E-state index is 0.114. The summed E-state index contributed by atoms with van der Waals surface area (Å²) in [7, 11) is 6.09. The van der Waals surface area contributed by atoms with Crippen LogP contribution in [-0.2, 0) is 23.8 Å². The zero-order chi connectivity index (χ0) is 20.0. The number of carbonyl (C=O) groups is 1. The Kier molecular flexibility index (Phi) is 7.13. The van der Waals surface area contributed by atoms with Crippen molar-refractivity contribution in [2.24, 2.45) is 7.05 Å². The third kappa shape index (κ3) is 4.75. The number of hydrogen-bond acceptors (Lipinski definition) is 5. The van der Waals surface area contributed by atoms with Gasteiger partial charge in [-0.15, -0.1) is 10.2 Å². The first-order chi connectivity index (χ1) is 13.5. The van der Waals surface area contributed by atoms with Gasteiger partial charge in [-0.1, -0.05) is 61.4 Å². The minimum Gasteiger partial charge on any atom is -0.348 e. The number of hydrogen-bond donors (Lipinski definition) is 1. The molecule has 1 aliphatic rings. The van der Waals surface area contributed by atoms with E-state index in [1.807, 2.05) is 29.8 Å². The molecule has 1 aromatic carbocycles. The molecule has 1 amide bonds. The summed E-state index contributed by atoms with van der Waals surface area (Å²) in [4.78, 5) is 15.4. The summed E-state index contributed by atoms with van der Waals surface area (Å²) >= 11 is 1.69. The molecule has 0 aliphatic heterocycles. The lowest BCUT2D eigenvalue weighted by molar-refractivity contribution is -0.128. The largest absolute Gasteiger partial charge is 0.348 e. The fraction of sp³-hybridized carbons (Fsp3) is 0.571. The third-order valence-corrected chi connectivity index (χ3v) is 6.57. The highest BCUT2D eigenvalue weighted by atomic mass is 32.2. The molecule has 0 bridgehead atoms. The van der Waals surface area contributed by atoms with Gasteiger partial charge in [-0.25, -0.2) is 0 Å². The number of nitrogens with zero attached hydrogens (tertiary/aromatic N) is 4. The fourth-order valence-corrected chi connectivity index (χ4v) is 4.87. The smallest absolute Gasteiger partial charge is 0.231 e. The van der Waals surface area contributed by atoms with Crippen molar-refractivity contribution in [3.05, 3.63) is 41.7 Å². The van der Waals surface area contributed by atoms with Crippen molar-refractivity contribution < 1.29 is 4.79 Å². The van der Waals surface area contributed by atoms with Gasteiger partial charge in [-0.2, -0.15) is 0 Å². The molecule has 6 nitrogen and oxygen atoms in total. The van der Waals surface area contributed by atoms with Crippen LogP contribution in [0.5, 0.6) is 0 Å². The van der Waals surface area contributed by atoms with Crippen LogP contribution >= 0.6 is 11.8 Å². The molecule has 1 fully saturated rings. The van der Waals surface area contributed by atoms with E-state index >= 15 is 0 Å². The van der Waals surface area contributed by atoms with Crippen LogP contribution in [0.25, 0.3) is 0 Å². The summed E-state index contributed by atoms with van der Waals surface area (Å²) in [6, 6.07) is 10.2. The van der Waals surface area contributed by atoms with Crippen LogP contribution < -0.4 is 5.32 Å². The first kappa shape index (κ1) is 20.9. The molecule has 1 saturated carbocycles.